The van der Waals surface area contributed by atoms with Crippen molar-refractivity contribution in [1.29, 1.82) is 0 Å². The van der Waals surface area contributed by atoms with Crippen molar-refractivity contribution >= 4 is 0 Å². The van der Waals surface area contributed by atoms with Crippen LogP contribution in [-0.4, -0.2) is 20.1 Å². The molecule has 0 aliphatic heterocycles. The summed E-state index contributed by atoms with van der Waals surface area (Å²) in [5.41, 5.74) is 1.80. The Morgan fingerprint density at radius 1 is 1.00 bits per heavy atom. The number of aromatic nitrogens is 3. The van der Waals surface area contributed by atoms with Crippen molar-refractivity contribution in [3.63, 3.8) is 0 Å². The Bertz CT molecular complexity index is 752. The molecule has 0 saturated carbocycles. The summed E-state index contributed by atoms with van der Waals surface area (Å²) >= 11 is 0. The highest BCUT2D eigenvalue weighted by Gasteiger charge is 2.16. The molecule has 0 aliphatic rings. The zero-order valence-corrected chi connectivity index (χ0v) is 10.9. The van der Waals surface area contributed by atoms with Gasteiger partial charge in [0.05, 0.1) is 12.3 Å². The van der Waals surface area contributed by atoms with Crippen molar-refractivity contribution < 1.29 is 13.9 Å². The molecule has 1 N–H and O–H groups in total. The maximum Gasteiger partial charge on any atom is 0.128 e. The van der Waals surface area contributed by atoms with E-state index in [0.717, 1.165) is 23.8 Å². The molecule has 21 heavy (non-hydrogen) atoms. The summed E-state index contributed by atoms with van der Waals surface area (Å²) in [6.07, 6.45) is 0. The van der Waals surface area contributed by atoms with Crippen LogP contribution in [0, 0.1) is 11.6 Å². The van der Waals surface area contributed by atoms with Crippen LogP contribution in [0.3, 0.4) is 0 Å². The number of aliphatic hydroxyl groups excluding tert-OH is 1. The van der Waals surface area contributed by atoms with E-state index in [2.05, 4.69) is 10.3 Å². The largest absolute Gasteiger partial charge is 0.390 e. The van der Waals surface area contributed by atoms with Crippen LogP contribution in [0.25, 0.3) is 16.9 Å². The SMILES string of the molecule is OCc1nnn(-c2cc(F)cc(F)c2)c1-c1ccccc1. The topological polar surface area (TPSA) is 50.9 Å². The number of aliphatic hydroxyl groups is 1. The summed E-state index contributed by atoms with van der Waals surface area (Å²) in [5, 5.41) is 17.1. The summed E-state index contributed by atoms with van der Waals surface area (Å²) in [6.45, 7) is -0.317. The molecule has 0 aliphatic carbocycles. The normalized spacial score (nSPS) is 10.8. The van der Waals surface area contributed by atoms with Gasteiger partial charge in [-0.1, -0.05) is 35.5 Å². The van der Waals surface area contributed by atoms with E-state index in [-0.39, 0.29) is 12.3 Å². The van der Waals surface area contributed by atoms with Crippen molar-refractivity contribution in [1.82, 2.24) is 15.0 Å². The lowest BCUT2D eigenvalue weighted by Crippen LogP contribution is -2.01. The molecule has 4 nitrogen and oxygen atoms in total. The molecule has 0 atom stereocenters. The van der Waals surface area contributed by atoms with Gasteiger partial charge in [0.2, 0.25) is 0 Å². The number of hydrogen-bond acceptors (Lipinski definition) is 3. The fraction of sp³-hybridized carbons (Fsp3) is 0.0667. The summed E-state index contributed by atoms with van der Waals surface area (Å²) in [7, 11) is 0. The Morgan fingerprint density at radius 3 is 2.29 bits per heavy atom. The Balaban J connectivity index is 2.22. The molecule has 0 saturated heterocycles. The van der Waals surface area contributed by atoms with E-state index >= 15 is 0 Å². The fourth-order valence-electron chi connectivity index (χ4n) is 2.15. The number of benzene rings is 2. The van der Waals surface area contributed by atoms with E-state index in [1.165, 1.54) is 4.68 Å². The molecule has 3 rings (SSSR count). The molecule has 1 heterocycles. The average Bonchev–Trinajstić information content (AvgIpc) is 2.91. The molecule has 106 valence electrons. The first kappa shape index (κ1) is 13.4. The minimum absolute atomic E-state index is 0.207. The van der Waals surface area contributed by atoms with Gasteiger partial charge in [0.1, 0.15) is 23.0 Å². The van der Waals surface area contributed by atoms with Gasteiger partial charge in [0.25, 0.3) is 0 Å². The van der Waals surface area contributed by atoms with Crippen LogP contribution in [0.2, 0.25) is 0 Å². The predicted molar refractivity (Wildman–Crippen MR) is 72.6 cm³/mol. The highest BCUT2D eigenvalue weighted by Crippen LogP contribution is 2.25. The highest BCUT2D eigenvalue weighted by atomic mass is 19.1. The van der Waals surface area contributed by atoms with Gasteiger partial charge in [-0.05, 0) is 12.1 Å². The Hall–Kier alpha value is -2.60. The summed E-state index contributed by atoms with van der Waals surface area (Å²) < 4.78 is 28.1. The van der Waals surface area contributed by atoms with E-state index in [1.807, 2.05) is 30.3 Å². The Morgan fingerprint density at radius 2 is 1.67 bits per heavy atom. The molecule has 1 aromatic heterocycles. The molecule has 0 unspecified atom stereocenters. The van der Waals surface area contributed by atoms with Gasteiger partial charge in [-0.15, -0.1) is 5.10 Å². The van der Waals surface area contributed by atoms with Crippen LogP contribution in [0.1, 0.15) is 5.69 Å². The van der Waals surface area contributed by atoms with Gasteiger partial charge < -0.3 is 5.11 Å². The zero-order valence-electron chi connectivity index (χ0n) is 10.9. The maximum absolute atomic E-state index is 13.4. The minimum Gasteiger partial charge on any atom is -0.390 e. The van der Waals surface area contributed by atoms with Crippen molar-refractivity contribution in [2.45, 2.75) is 6.61 Å². The third-order valence-electron chi connectivity index (χ3n) is 3.03. The standard InChI is InChI=1S/C15H11F2N3O/c16-11-6-12(17)8-13(7-11)20-15(14(9-21)18-19-20)10-4-2-1-3-5-10/h1-8,21H,9H2. The van der Waals surface area contributed by atoms with E-state index in [4.69, 9.17) is 0 Å². The molecule has 0 fully saturated rings. The van der Waals surface area contributed by atoms with Gasteiger partial charge in [-0.2, -0.15) is 0 Å². The zero-order chi connectivity index (χ0) is 14.8. The monoisotopic (exact) mass is 287 g/mol. The molecule has 0 bridgehead atoms. The Kier molecular flexibility index (Phi) is 3.45. The summed E-state index contributed by atoms with van der Waals surface area (Å²) in [5.74, 6) is -1.41. The third-order valence-corrected chi connectivity index (χ3v) is 3.03. The smallest absolute Gasteiger partial charge is 0.128 e. The second-order valence-electron chi connectivity index (χ2n) is 4.45. The third kappa shape index (κ3) is 2.53. The molecular weight excluding hydrogens is 276 g/mol. The van der Waals surface area contributed by atoms with Crippen LogP contribution in [0.5, 0.6) is 0 Å². The van der Waals surface area contributed by atoms with Crippen LogP contribution in [0.4, 0.5) is 8.78 Å². The fourth-order valence-corrected chi connectivity index (χ4v) is 2.15. The van der Waals surface area contributed by atoms with Crippen molar-refractivity contribution in [3.05, 3.63) is 65.9 Å². The lowest BCUT2D eigenvalue weighted by Gasteiger charge is -2.08. The van der Waals surface area contributed by atoms with E-state index in [0.29, 0.717) is 11.4 Å². The first-order valence-corrected chi connectivity index (χ1v) is 6.26. The molecule has 0 spiro atoms. The van der Waals surface area contributed by atoms with Gasteiger partial charge in [0, 0.05) is 11.6 Å². The lowest BCUT2D eigenvalue weighted by molar-refractivity contribution is 0.277. The van der Waals surface area contributed by atoms with Crippen molar-refractivity contribution in [2.24, 2.45) is 0 Å². The minimum atomic E-state index is -0.704. The molecule has 3 aromatic rings. The highest BCUT2D eigenvalue weighted by molar-refractivity contribution is 5.64. The van der Waals surface area contributed by atoms with E-state index in [9.17, 15) is 13.9 Å². The van der Waals surface area contributed by atoms with Crippen LogP contribution in [0.15, 0.2) is 48.5 Å². The van der Waals surface area contributed by atoms with Crippen LogP contribution in [-0.2, 0) is 6.61 Å². The van der Waals surface area contributed by atoms with Gasteiger partial charge in [-0.25, -0.2) is 13.5 Å². The number of hydrogen-bond donors (Lipinski definition) is 1. The maximum atomic E-state index is 13.4. The molecule has 0 radical (unpaired) electrons. The van der Waals surface area contributed by atoms with Crippen molar-refractivity contribution in [2.75, 3.05) is 0 Å². The van der Waals surface area contributed by atoms with Gasteiger partial charge >= 0.3 is 0 Å². The summed E-state index contributed by atoms with van der Waals surface area (Å²) in [6, 6.07) is 12.2. The second kappa shape index (κ2) is 5.41. The number of rotatable bonds is 3. The van der Waals surface area contributed by atoms with Crippen molar-refractivity contribution in [3.8, 4) is 16.9 Å². The second-order valence-corrected chi connectivity index (χ2v) is 4.45. The first-order chi connectivity index (χ1) is 10.2. The summed E-state index contributed by atoms with van der Waals surface area (Å²) in [4.78, 5) is 0. The lowest BCUT2D eigenvalue weighted by atomic mass is 10.1. The molecular formula is C15H11F2N3O. The molecule has 0 amide bonds. The van der Waals surface area contributed by atoms with E-state index in [1.54, 1.807) is 0 Å². The molecule has 2 aromatic carbocycles. The van der Waals surface area contributed by atoms with E-state index < -0.39 is 11.6 Å². The quantitative estimate of drug-likeness (QED) is 0.805. The first-order valence-electron chi connectivity index (χ1n) is 6.26. The number of halogens is 2. The van der Waals surface area contributed by atoms with Gasteiger partial charge in [0.15, 0.2) is 0 Å². The van der Waals surface area contributed by atoms with Crippen LogP contribution < -0.4 is 0 Å². The Labute approximate surface area is 119 Å². The molecule has 6 heteroatoms. The number of nitrogens with zero attached hydrogens (tertiary/aromatic N) is 3. The van der Waals surface area contributed by atoms with Crippen LogP contribution >= 0.6 is 0 Å². The predicted octanol–water partition coefficient (Wildman–Crippen LogP) is 2.70. The van der Waals surface area contributed by atoms with Gasteiger partial charge in [-0.3, -0.25) is 0 Å². The average molecular weight is 287 g/mol.